The third-order valence-corrected chi connectivity index (χ3v) is 2.16. The minimum absolute atomic E-state index is 0.149. The Hall–Kier alpha value is -1.93. The first-order valence-corrected chi connectivity index (χ1v) is 4.85. The maximum Gasteiger partial charge on any atom is 0.241 e. The highest BCUT2D eigenvalue weighted by Gasteiger charge is 2.14. The summed E-state index contributed by atoms with van der Waals surface area (Å²) in [7, 11) is 0. The van der Waals surface area contributed by atoms with Crippen molar-refractivity contribution in [2.24, 2.45) is 5.73 Å². The normalized spacial score (nSPS) is 11.6. The molecule has 1 aromatic carbocycles. The van der Waals surface area contributed by atoms with Crippen LogP contribution in [0.3, 0.4) is 0 Å². The van der Waals surface area contributed by atoms with Crippen LogP contribution in [0, 0.1) is 17.1 Å². The number of carbonyl (C=O) groups is 1. The number of hydrogen-bond acceptors (Lipinski definition) is 3. The van der Waals surface area contributed by atoms with E-state index in [1.165, 1.54) is 12.1 Å². The second-order valence-electron chi connectivity index (χ2n) is 3.28. The lowest BCUT2D eigenvalue weighted by atomic mass is 10.1. The van der Waals surface area contributed by atoms with Crippen molar-refractivity contribution in [3.63, 3.8) is 0 Å². The molecule has 1 rings (SSSR count). The Kier molecular flexibility index (Phi) is 3.97. The molecule has 0 aliphatic rings. The van der Waals surface area contributed by atoms with Gasteiger partial charge in [-0.15, -0.1) is 0 Å². The lowest BCUT2D eigenvalue weighted by Gasteiger charge is -2.11. The van der Waals surface area contributed by atoms with E-state index in [-0.39, 0.29) is 11.3 Å². The summed E-state index contributed by atoms with van der Waals surface area (Å²) in [5, 5.41) is 11.2. The van der Waals surface area contributed by atoms with E-state index in [2.05, 4.69) is 5.32 Å². The first-order valence-electron chi connectivity index (χ1n) is 4.85. The van der Waals surface area contributed by atoms with E-state index in [0.29, 0.717) is 6.42 Å². The minimum atomic E-state index is -0.662. The molecule has 0 fully saturated rings. The summed E-state index contributed by atoms with van der Waals surface area (Å²) in [6.45, 7) is 1.76. The molecule has 4 nitrogen and oxygen atoms in total. The van der Waals surface area contributed by atoms with E-state index >= 15 is 0 Å². The van der Waals surface area contributed by atoms with Gasteiger partial charge in [0, 0.05) is 0 Å². The molecular formula is C11H12FN3O. The number of nitrogens with one attached hydrogen (secondary N) is 1. The van der Waals surface area contributed by atoms with Gasteiger partial charge in [0.1, 0.15) is 17.4 Å². The predicted molar refractivity (Wildman–Crippen MR) is 58.0 cm³/mol. The molecule has 0 aromatic heterocycles. The van der Waals surface area contributed by atoms with Gasteiger partial charge in [0.25, 0.3) is 0 Å². The van der Waals surface area contributed by atoms with Crippen LogP contribution in [0.5, 0.6) is 0 Å². The fourth-order valence-electron chi connectivity index (χ4n) is 1.15. The topological polar surface area (TPSA) is 78.9 Å². The van der Waals surface area contributed by atoms with Crippen molar-refractivity contribution in [2.45, 2.75) is 19.4 Å². The number of hydrogen-bond donors (Lipinski definition) is 2. The predicted octanol–water partition coefficient (Wildman–Crippen LogP) is 1.37. The summed E-state index contributed by atoms with van der Waals surface area (Å²) in [4.78, 5) is 11.5. The lowest BCUT2D eigenvalue weighted by molar-refractivity contribution is -0.117. The van der Waals surface area contributed by atoms with Crippen LogP contribution in [0.4, 0.5) is 10.1 Å². The summed E-state index contributed by atoms with van der Waals surface area (Å²) in [5.74, 6) is -1.09. The molecule has 0 aliphatic carbocycles. The average Bonchev–Trinajstić information content (AvgIpc) is 2.28. The van der Waals surface area contributed by atoms with E-state index in [4.69, 9.17) is 11.0 Å². The number of rotatable bonds is 3. The molecule has 1 amide bonds. The van der Waals surface area contributed by atoms with Crippen molar-refractivity contribution in [3.8, 4) is 6.07 Å². The highest BCUT2D eigenvalue weighted by molar-refractivity contribution is 5.95. The number of benzene rings is 1. The first-order chi connectivity index (χ1) is 7.60. The molecule has 3 N–H and O–H groups in total. The second kappa shape index (κ2) is 5.24. The van der Waals surface area contributed by atoms with E-state index in [9.17, 15) is 9.18 Å². The Bertz CT molecular complexity index is 439. The standard InChI is InChI=1S/C11H12FN3O/c1-2-9(14)11(16)15-10-5-3-4-8(12)7(10)6-13/h3-5,9H,2,14H2,1H3,(H,15,16)/t9-/m0/s1. The number of amides is 1. The summed E-state index contributed by atoms with van der Waals surface area (Å²) in [5.41, 5.74) is 5.47. The van der Waals surface area contributed by atoms with Crippen LogP contribution >= 0.6 is 0 Å². The maximum atomic E-state index is 13.2. The quantitative estimate of drug-likeness (QED) is 0.809. The van der Waals surface area contributed by atoms with Crippen molar-refractivity contribution >= 4 is 11.6 Å². The molecule has 1 atom stereocenters. The fraction of sp³-hybridized carbons (Fsp3) is 0.273. The minimum Gasteiger partial charge on any atom is -0.323 e. The zero-order valence-electron chi connectivity index (χ0n) is 8.83. The number of nitrogens with two attached hydrogens (primary N) is 1. The van der Waals surface area contributed by atoms with Gasteiger partial charge < -0.3 is 11.1 Å². The molecule has 84 valence electrons. The van der Waals surface area contributed by atoms with E-state index in [1.54, 1.807) is 13.0 Å². The van der Waals surface area contributed by atoms with Gasteiger partial charge in [0.15, 0.2) is 0 Å². The SMILES string of the molecule is CC[C@H](N)C(=O)Nc1cccc(F)c1C#N. The van der Waals surface area contributed by atoms with Crippen molar-refractivity contribution in [2.75, 3.05) is 5.32 Å². The smallest absolute Gasteiger partial charge is 0.241 e. The Labute approximate surface area is 92.9 Å². The van der Waals surface area contributed by atoms with Crippen molar-refractivity contribution in [1.82, 2.24) is 0 Å². The average molecular weight is 221 g/mol. The molecule has 0 heterocycles. The zero-order valence-corrected chi connectivity index (χ0v) is 8.83. The molecule has 16 heavy (non-hydrogen) atoms. The van der Waals surface area contributed by atoms with Crippen molar-refractivity contribution < 1.29 is 9.18 Å². The van der Waals surface area contributed by atoms with Gasteiger partial charge in [-0.1, -0.05) is 13.0 Å². The fourth-order valence-corrected chi connectivity index (χ4v) is 1.15. The van der Waals surface area contributed by atoms with Gasteiger partial charge in [-0.2, -0.15) is 5.26 Å². The van der Waals surface area contributed by atoms with E-state index in [0.717, 1.165) is 6.07 Å². The highest BCUT2D eigenvalue weighted by Crippen LogP contribution is 2.17. The van der Waals surface area contributed by atoms with E-state index in [1.807, 2.05) is 0 Å². The van der Waals surface area contributed by atoms with Crippen molar-refractivity contribution in [3.05, 3.63) is 29.6 Å². The second-order valence-corrected chi connectivity index (χ2v) is 3.28. The summed E-state index contributed by atoms with van der Waals surface area (Å²) < 4.78 is 13.2. The molecule has 0 bridgehead atoms. The van der Waals surface area contributed by atoms with Gasteiger partial charge in [0.05, 0.1) is 11.7 Å². The molecule has 1 aromatic rings. The molecule has 0 unspecified atom stereocenters. The summed E-state index contributed by atoms with van der Waals surface area (Å²) in [6, 6.07) is 5.08. The molecule has 0 aliphatic heterocycles. The van der Waals surface area contributed by atoms with Crippen LogP contribution in [0.15, 0.2) is 18.2 Å². The maximum absolute atomic E-state index is 13.2. The van der Waals surface area contributed by atoms with Crippen molar-refractivity contribution in [1.29, 1.82) is 5.26 Å². The first kappa shape index (κ1) is 12.1. The third kappa shape index (κ3) is 2.55. The number of halogens is 1. The number of nitriles is 1. The Morgan fingerprint density at radius 2 is 2.38 bits per heavy atom. The van der Waals surface area contributed by atoms with Crippen LogP contribution in [-0.4, -0.2) is 11.9 Å². The number of anilines is 1. The van der Waals surface area contributed by atoms with Gasteiger partial charge in [-0.25, -0.2) is 4.39 Å². The molecule has 0 saturated carbocycles. The molecule has 0 radical (unpaired) electrons. The van der Waals surface area contributed by atoms with E-state index < -0.39 is 17.8 Å². The summed E-state index contributed by atoms with van der Waals surface area (Å²) in [6.07, 6.45) is 0.475. The number of nitrogens with zero attached hydrogens (tertiary/aromatic N) is 1. The van der Waals surface area contributed by atoms with Crippen LogP contribution in [0.25, 0.3) is 0 Å². The zero-order chi connectivity index (χ0) is 12.1. The van der Waals surface area contributed by atoms with Gasteiger partial charge >= 0.3 is 0 Å². The van der Waals surface area contributed by atoms with Gasteiger partial charge in [0.2, 0.25) is 5.91 Å². The summed E-state index contributed by atoms with van der Waals surface area (Å²) >= 11 is 0. The van der Waals surface area contributed by atoms with Crippen LogP contribution in [-0.2, 0) is 4.79 Å². The van der Waals surface area contributed by atoms with Crippen LogP contribution in [0.1, 0.15) is 18.9 Å². The van der Waals surface area contributed by atoms with Crippen LogP contribution < -0.4 is 11.1 Å². The molecule has 0 saturated heterocycles. The highest BCUT2D eigenvalue weighted by atomic mass is 19.1. The number of carbonyl (C=O) groups excluding carboxylic acids is 1. The lowest BCUT2D eigenvalue weighted by Crippen LogP contribution is -2.35. The van der Waals surface area contributed by atoms with Gasteiger partial charge in [-0.3, -0.25) is 4.79 Å². The van der Waals surface area contributed by atoms with Crippen LogP contribution in [0.2, 0.25) is 0 Å². The molecule has 5 heteroatoms. The monoisotopic (exact) mass is 221 g/mol. The largest absolute Gasteiger partial charge is 0.323 e. The third-order valence-electron chi connectivity index (χ3n) is 2.16. The Morgan fingerprint density at radius 3 is 2.94 bits per heavy atom. The van der Waals surface area contributed by atoms with Gasteiger partial charge in [-0.05, 0) is 18.6 Å². The Balaban J connectivity index is 2.94. The Morgan fingerprint density at radius 1 is 1.69 bits per heavy atom. The molecule has 0 spiro atoms. The molecular weight excluding hydrogens is 209 g/mol.